The van der Waals surface area contributed by atoms with Crippen molar-refractivity contribution in [2.45, 2.75) is 19.4 Å². The van der Waals surface area contributed by atoms with Gasteiger partial charge in [-0.15, -0.1) is 0 Å². The van der Waals surface area contributed by atoms with Gasteiger partial charge in [-0.2, -0.15) is 0 Å². The molecule has 3 rings (SSSR count). The molecule has 1 heterocycles. The second-order valence-corrected chi connectivity index (χ2v) is 5.69. The lowest BCUT2D eigenvalue weighted by Crippen LogP contribution is -2.39. The summed E-state index contributed by atoms with van der Waals surface area (Å²) in [5.41, 5.74) is 3.04. The summed E-state index contributed by atoms with van der Waals surface area (Å²) in [4.78, 5) is 14.4. The zero-order valence-electron chi connectivity index (χ0n) is 11.8. The van der Waals surface area contributed by atoms with Gasteiger partial charge < -0.3 is 10.2 Å². The molecular weight excluding hydrogens is 284 g/mol. The monoisotopic (exact) mass is 300 g/mol. The molecule has 1 aliphatic rings. The van der Waals surface area contributed by atoms with Crippen molar-refractivity contribution in [1.82, 2.24) is 0 Å². The zero-order chi connectivity index (χ0) is 14.8. The number of carbonyl (C=O) groups is 1. The summed E-state index contributed by atoms with van der Waals surface area (Å²) >= 11 is 6.09. The molecule has 0 saturated carbocycles. The number of fused-ring (bicyclic) bond motifs is 1. The van der Waals surface area contributed by atoms with E-state index in [1.807, 2.05) is 47.4 Å². The van der Waals surface area contributed by atoms with Gasteiger partial charge in [0.05, 0.1) is 17.3 Å². The van der Waals surface area contributed by atoms with E-state index in [2.05, 4.69) is 18.3 Å². The number of hydrogen-bond acceptors (Lipinski definition) is 2. The number of halogens is 1. The maximum absolute atomic E-state index is 12.5. The fraction of sp³-hybridized carbons (Fsp3) is 0.235. The van der Waals surface area contributed by atoms with Crippen molar-refractivity contribution in [2.24, 2.45) is 0 Å². The molecule has 1 N–H and O–H groups in total. The van der Waals surface area contributed by atoms with E-state index in [1.54, 1.807) is 0 Å². The van der Waals surface area contributed by atoms with Gasteiger partial charge in [-0.3, -0.25) is 4.79 Å². The first-order valence-corrected chi connectivity index (χ1v) is 7.43. The van der Waals surface area contributed by atoms with Crippen LogP contribution in [-0.2, 0) is 11.2 Å². The Morgan fingerprint density at radius 1 is 1.24 bits per heavy atom. The Kier molecular flexibility index (Phi) is 3.84. The van der Waals surface area contributed by atoms with Gasteiger partial charge in [-0.25, -0.2) is 0 Å². The largest absolute Gasteiger partial charge is 0.375 e. The van der Waals surface area contributed by atoms with Crippen molar-refractivity contribution in [1.29, 1.82) is 0 Å². The number of benzene rings is 2. The summed E-state index contributed by atoms with van der Waals surface area (Å²) in [6, 6.07) is 15.7. The number of nitrogens with zero attached hydrogens (tertiary/aromatic N) is 1. The van der Waals surface area contributed by atoms with Gasteiger partial charge in [0, 0.05) is 11.7 Å². The van der Waals surface area contributed by atoms with Crippen LogP contribution in [0.25, 0.3) is 0 Å². The molecule has 0 bridgehead atoms. The van der Waals surface area contributed by atoms with Gasteiger partial charge in [0.2, 0.25) is 5.91 Å². The van der Waals surface area contributed by atoms with Crippen LogP contribution >= 0.6 is 11.6 Å². The Hall–Kier alpha value is -2.00. The first-order chi connectivity index (χ1) is 10.2. The number of rotatable bonds is 3. The van der Waals surface area contributed by atoms with Crippen molar-refractivity contribution in [2.75, 3.05) is 16.8 Å². The molecule has 2 aromatic rings. The van der Waals surface area contributed by atoms with Gasteiger partial charge in [-0.05, 0) is 37.1 Å². The third kappa shape index (κ3) is 2.74. The lowest BCUT2D eigenvalue weighted by atomic mass is 10.1. The Morgan fingerprint density at radius 2 is 1.95 bits per heavy atom. The van der Waals surface area contributed by atoms with Crippen LogP contribution in [0.5, 0.6) is 0 Å². The van der Waals surface area contributed by atoms with Gasteiger partial charge in [0.25, 0.3) is 0 Å². The molecule has 108 valence electrons. The summed E-state index contributed by atoms with van der Waals surface area (Å²) in [5.74, 6) is 0.0624. The van der Waals surface area contributed by atoms with Crippen molar-refractivity contribution < 1.29 is 4.79 Å². The number of amides is 1. The molecule has 21 heavy (non-hydrogen) atoms. The molecule has 1 amide bonds. The fourth-order valence-electron chi connectivity index (χ4n) is 2.81. The van der Waals surface area contributed by atoms with E-state index in [0.717, 1.165) is 17.8 Å². The third-order valence-electron chi connectivity index (χ3n) is 3.78. The summed E-state index contributed by atoms with van der Waals surface area (Å²) in [7, 11) is 0. The van der Waals surface area contributed by atoms with Gasteiger partial charge in [-0.1, -0.05) is 41.9 Å². The Labute approximate surface area is 129 Å². The van der Waals surface area contributed by atoms with Gasteiger partial charge in [0.1, 0.15) is 0 Å². The first-order valence-electron chi connectivity index (χ1n) is 7.05. The minimum absolute atomic E-state index is 0.0624. The second-order valence-electron chi connectivity index (χ2n) is 5.28. The summed E-state index contributed by atoms with van der Waals surface area (Å²) in [6.45, 7) is 2.32. The molecule has 3 nitrogen and oxygen atoms in total. The van der Waals surface area contributed by atoms with Crippen LogP contribution in [0.15, 0.2) is 48.5 Å². The minimum atomic E-state index is 0.0624. The van der Waals surface area contributed by atoms with E-state index in [9.17, 15) is 4.79 Å². The highest BCUT2D eigenvalue weighted by Gasteiger charge is 2.30. The Bertz CT molecular complexity index is 671. The maximum atomic E-state index is 12.5. The summed E-state index contributed by atoms with van der Waals surface area (Å²) in [6.07, 6.45) is 0.911. The molecule has 1 atom stereocenters. The number of hydrogen-bond donors (Lipinski definition) is 1. The standard InChI is InChI=1S/C17H17ClN2O/c1-12-10-13-6-2-5-9-16(13)20(12)17(21)11-19-15-8-4-3-7-14(15)18/h2-9,12,19H,10-11H2,1H3/t12-/m0/s1. The van der Waals surface area contributed by atoms with Gasteiger partial charge in [0.15, 0.2) is 0 Å². The molecule has 2 aromatic carbocycles. The highest BCUT2D eigenvalue weighted by Crippen LogP contribution is 2.31. The number of nitrogens with one attached hydrogen (secondary N) is 1. The summed E-state index contributed by atoms with van der Waals surface area (Å²) < 4.78 is 0. The fourth-order valence-corrected chi connectivity index (χ4v) is 3.01. The van der Waals surface area contributed by atoms with Crippen LogP contribution in [0.1, 0.15) is 12.5 Å². The Morgan fingerprint density at radius 3 is 2.76 bits per heavy atom. The topological polar surface area (TPSA) is 32.3 Å². The third-order valence-corrected chi connectivity index (χ3v) is 4.11. The van der Waals surface area contributed by atoms with Crippen LogP contribution in [0.4, 0.5) is 11.4 Å². The van der Waals surface area contributed by atoms with E-state index >= 15 is 0 Å². The lowest BCUT2D eigenvalue weighted by Gasteiger charge is -2.23. The SMILES string of the molecule is C[C@H]1Cc2ccccc2N1C(=O)CNc1ccccc1Cl. The van der Waals surface area contributed by atoms with Crippen molar-refractivity contribution >= 4 is 28.9 Å². The van der Waals surface area contributed by atoms with E-state index < -0.39 is 0 Å². The molecule has 0 fully saturated rings. The number of anilines is 2. The first kappa shape index (κ1) is 14.0. The normalized spacial score (nSPS) is 16.7. The number of carbonyl (C=O) groups excluding carboxylic acids is 1. The smallest absolute Gasteiger partial charge is 0.246 e. The van der Waals surface area contributed by atoms with Crippen molar-refractivity contribution in [3.63, 3.8) is 0 Å². The van der Waals surface area contributed by atoms with Crippen LogP contribution in [0.2, 0.25) is 5.02 Å². The lowest BCUT2D eigenvalue weighted by molar-refractivity contribution is -0.117. The highest BCUT2D eigenvalue weighted by molar-refractivity contribution is 6.33. The quantitative estimate of drug-likeness (QED) is 0.937. The minimum Gasteiger partial charge on any atom is -0.375 e. The molecule has 0 saturated heterocycles. The average molecular weight is 301 g/mol. The van der Waals surface area contributed by atoms with E-state index in [4.69, 9.17) is 11.6 Å². The van der Waals surface area contributed by atoms with E-state index in [-0.39, 0.29) is 18.5 Å². The molecule has 0 unspecified atom stereocenters. The molecule has 4 heteroatoms. The predicted octanol–water partition coefficient (Wildman–Crippen LogP) is 3.73. The number of para-hydroxylation sites is 2. The predicted molar refractivity (Wildman–Crippen MR) is 87.0 cm³/mol. The average Bonchev–Trinajstić information content (AvgIpc) is 2.82. The van der Waals surface area contributed by atoms with Crippen LogP contribution in [-0.4, -0.2) is 18.5 Å². The van der Waals surface area contributed by atoms with Crippen molar-refractivity contribution in [3.8, 4) is 0 Å². The molecule has 0 aliphatic carbocycles. The van der Waals surface area contributed by atoms with E-state index in [1.165, 1.54) is 5.56 Å². The molecular formula is C17H17ClN2O. The molecule has 0 radical (unpaired) electrons. The highest BCUT2D eigenvalue weighted by atomic mass is 35.5. The van der Waals surface area contributed by atoms with Crippen LogP contribution in [0, 0.1) is 0 Å². The summed E-state index contributed by atoms with van der Waals surface area (Å²) in [5, 5.41) is 3.74. The molecule has 1 aliphatic heterocycles. The second kappa shape index (κ2) is 5.78. The van der Waals surface area contributed by atoms with Crippen LogP contribution < -0.4 is 10.2 Å². The Balaban J connectivity index is 1.73. The van der Waals surface area contributed by atoms with E-state index in [0.29, 0.717) is 5.02 Å². The maximum Gasteiger partial charge on any atom is 0.246 e. The zero-order valence-corrected chi connectivity index (χ0v) is 12.6. The van der Waals surface area contributed by atoms with Gasteiger partial charge >= 0.3 is 0 Å². The van der Waals surface area contributed by atoms with Crippen LogP contribution in [0.3, 0.4) is 0 Å². The van der Waals surface area contributed by atoms with Crippen molar-refractivity contribution in [3.05, 3.63) is 59.1 Å². The molecule has 0 aromatic heterocycles. The molecule has 0 spiro atoms.